The molecule has 1 heterocycles. The van der Waals surface area contributed by atoms with Gasteiger partial charge in [0.25, 0.3) is 5.91 Å². The Bertz CT molecular complexity index is 546. The molecule has 20 heavy (non-hydrogen) atoms. The summed E-state index contributed by atoms with van der Waals surface area (Å²) in [6.07, 6.45) is -0.806. The molecule has 5 nitrogen and oxygen atoms in total. The van der Waals surface area contributed by atoms with Crippen molar-refractivity contribution >= 4 is 23.5 Å². The highest BCUT2D eigenvalue weighted by molar-refractivity contribution is 6.33. The van der Waals surface area contributed by atoms with Crippen LogP contribution in [-0.2, 0) is 4.79 Å². The summed E-state index contributed by atoms with van der Waals surface area (Å²) in [5.41, 5.74) is 1.30. The molecule has 0 radical (unpaired) electrons. The number of piperidine rings is 1. The minimum atomic E-state index is -1.05. The van der Waals surface area contributed by atoms with Gasteiger partial charge >= 0.3 is 5.97 Å². The summed E-state index contributed by atoms with van der Waals surface area (Å²) in [4.78, 5) is 24.8. The number of hydrogen-bond donors (Lipinski definition) is 2. The number of carbonyl (C=O) groups excluding carboxylic acids is 1. The van der Waals surface area contributed by atoms with Crippen LogP contribution in [0.4, 0.5) is 0 Å². The van der Waals surface area contributed by atoms with Gasteiger partial charge in [0.05, 0.1) is 22.6 Å². The van der Waals surface area contributed by atoms with Gasteiger partial charge in [-0.25, -0.2) is 0 Å². The predicted molar refractivity (Wildman–Crippen MR) is 73.8 cm³/mol. The number of aryl methyl sites for hydroxylation is 1. The molecule has 1 aromatic rings. The lowest BCUT2D eigenvalue weighted by Gasteiger charge is -2.34. The largest absolute Gasteiger partial charge is 0.481 e. The Hall–Kier alpha value is -1.59. The topological polar surface area (TPSA) is 77.8 Å². The molecule has 108 valence electrons. The first-order chi connectivity index (χ1) is 9.40. The van der Waals surface area contributed by atoms with Crippen molar-refractivity contribution in [2.45, 2.75) is 19.4 Å². The van der Waals surface area contributed by atoms with Gasteiger partial charge in [-0.05, 0) is 25.5 Å². The van der Waals surface area contributed by atoms with E-state index in [4.69, 9.17) is 16.7 Å². The number of nitrogens with zero attached hydrogens (tertiary/aromatic N) is 1. The Kier molecular flexibility index (Phi) is 4.30. The van der Waals surface area contributed by atoms with E-state index in [-0.39, 0.29) is 18.9 Å². The number of halogens is 1. The summed E-state index contributed by atoms with van der Waals surface area (Å²) >= 11 is 6.02. The van der Waals surface area contributed by atoms with Crippen LogP contribution in [0, 0.1) is 12.8 Å². The molecule has 2 rings (SSSR count). The van der Waals surface area contributed by atoms with Gasteiger partial charge in [-0.1, -0.05) is 23.2 Å². The van der Waals surface area contributed by atoms with Gasteiger partial charge < -0.3 is 15.1 Å². The average Bonchev–Trinajstić information content (AvgIpc) is 2.40. The molecule has 1 aliphatic rings. The van der Waals surface area contributed by atoms with Crippen molar-refractivity contribution in [3.8, 4) is 0 Å². The van der Waals surface area contributed by atoms with Gasteiger partial charge in [0.15, 0.2) is 0 Å². The fraction of sp³-hybridized carbons (Fsp3) is 0.429. The third kappa shape index (κ3) is 2.94. The second-order valence-electron chi connectivity index (χ2n) is 5.04. The maximum atomic E-state index is 12.4. The molecule has 0 saturated carbocycles. The molecule has 1 aliphatic heterocycles. The van der Waals surface area contributed by atoms with Crippen molar-refractivity contribution in [1.29, 1.82) is 0 Å². The maximum Gasteiger partial charge on any atom is 0.309 e. The molecule has 1 saturated heterocycles. The maximum absolute atomic E-state index is 12.4. The Morgan fingerprint density at radius 1 is 1.40 bits per heavy atom. The Labute approximate surface area is 121 Å². The van der Waals surface area contributed by atoms with Gasteiger partial charge in [0, 0.05) is 13.1 Å². The van der Waals surface area contributed by atoms with E-state index in [1.54, 1.807) is 12.1 Å². The van der Waals surface area contributed by atoms with Crippen molar-refractivity contribution < 1.29 is 19.8 Å². The number of carboxylic acids is 1. The number of aliphatic hydroxyl groups excluding tert-OH is 1. The monoisotopic (exact) mass is 297 g/mol. The first kappa shape index (κ1) is 14.8. The number of carbonyl (C=O) groups is 2. The van der Waals surface area contributed by atoms with Crippen LogP contribution >= 0.6 is 11.6 Å². The first-order valence-corrected chi connectivity index (χ1v) is 6.74. The second kappa shape index (κ2) is 5.81. The summed E-state index contributed by atoms with van der Waals surface area (Å²) in [5.74, 6) is -2.12. The Balaban J connectivity index is 2.15. The second-order valence-corrected chi connectivity index (χ2v) is 5.44. The third-order valence-corrected chi connectivity index (χ3v) is 3.87. The van der Waals surface area contributed by atoms with Crippen molar-refractivity contribution in [3.63, 3.8) is 0 Å². The van der Waals surface area contributed by atoms with Crippen LogP contribution in [0.1, 0.15) is 22.3 Å². The van der Waals surface area contributed by atoms with Gasteiger partial charge in [0.1, 0.15) is 0 Å². The first-order valence-electron chi connectivity index (χ1n) is 6.36. The third-order valence-electron chi connectivity index (χ3n) is 3.54. The molecule has 1 fully saturated rings. The van der Waals surface area contributed by atoms with Crippen molar-refractivity contribution in [3.05, 3.63) is 34.3 Å². The van der Waals surface area contributed by atoms with Crippen LogP contribution in [0.2, 0.25) is 5.02 Å². The minimum Gasteiger partial charge on any atom is -0.481 e. The summed E-state index contributed by atoms with van der Waals surface area (Å²) in [5, 5.41) is 19.1. The van der Waals surface area contributed by atoms with Gasteiger partial charge in [-0.15, -0.1) is 0 Å². The molecule has 6 heteroatoms. The standard InChI is InChI=1S/C14H16ClNO4/c1-8-2-3-11(15)10(6-8)13(18)16-5-4-9(14(19)20)12(17)7-16/h2-3,6,9,12,17H,4-5,7H2,1H3,(H,19,20)/t9-,12+/m0/s1. The molecule has 1 amide bonds. The minimum absolute atomic E-state index is 0.0140. The number of benzene rings is 1. The predicted octanol–water partition coefficient (Wildman–Crippen LogP) is 1.56. The number of hydrogen-bond acceptors (Lipinski definition) is 3. The van der Waals surface area contributed by atoms with E-state index >= 15 is 0 Å². The molecule has 0 spiro atoms. The normalized spacial score (nSPS) is 22.6. The average molecular weight is 298 g/mol. The summed E-state index contributed by atoms with van der Waals surface area (Å²) < 4.78 is 0. The molecule has 0 bridgehead atoms. The fourth-order valence-electron chi connectivity index (χ4n) is 2.38. The van der Waals surface area contributed by atoms with Crippen LogP contribution in [-0.4, -0.2) is 46.2 Å². The van der Waals surface area contributed by atoms with Gasteiger partial charge in [-0.2, -0.15) is 0 Å². The zero-order valence-corrected chi connectivity index (χ0v) is 11.8. The van der Waals surface area contributed by atoms with Crippen LogP contribution < -0.4 is 0 Å². The van der Waals surface area contributed by atoms with E-state index in [0.29, 0.717) is 17.1 Å². The summed E-state index contributed by atoms with van der Waals surface area (Å²) in [6.45, 7) is 2.18. The van der Waals surface area contributed by atoms with E-state index in [2.05, 4.69) is 0 Å². The smallest absolute Gasteiger partial charge is 0.309 e. The van der Waals surface area contributed by atoms with Crippen LogP contribution in [0.15, 0.2) is 18.2 Å². The molecular weight excluding hydrogens is 282 g/mol. The van der Waals surface area contributed by atoms with E-state index in [0.717, 1.165) is 5.56 Å². The van der Waals surface area contributed by atoms with Crippen molar-refractivity contribution in [2.24, 2.45) is 5.92 Å². The molecule has 2 atom stereocenters. The van der Waals surface area contributed by atoms with Crippen molar-refractivity contribution in [2.75, 3.05) is 13.1 Å². The summed E-state index contributed by atoms with van der Waals surface area (Å²) in [6, 6.07) is 5.16. The molecular formula is C14H16ClNO4. The highest BCUT2D eigenvalue weighted by atomic mass is 35.5. The summed E-state index contributed by atoms with van der Waals surface area (Å²) in [7, 11) is 0. The lowest BCUT2D eigenvalue weighted by molar-refractivity contribution is -0.148. The zero-order valence-electron chi connectivity index (χ0n) is 11.0. The van der Waals surface area contributed by atoms with E-state index in [9.17, 15) is 14.7 Å². The number of aliphatic carboxylic acids is 1. The number of likely N-dealkylation sites (tertiary alicyclic amines) is 1. The number of aliphatic hydroxyl groups is 1. The number of rotatable bonds is 2. The lowest BCUT2D eigenvalue weighted by Crippen LogP contribution is -2.48. The quantitative estimate of drug-likeness (QED) is 0.868. The van der Waals surface area contributed by atoms with E-state index in [1.807, 2.05) is 13.0 Å². The molecule has 1 aromatic carbocycles. The zero-order chi connectivity index (χ0) is 14.9. The van der Waals surface area contributed by atoms with E-state index < -0.39 is 18.0 Å². The van der Waals surface area contributed by atoms with Gasteiger partial charge in [0.2, 0.25) is 0 Å². The Morgan fingerprint density at radius 2 is 2.10 bits per heavy atom. The van der Waals surface area contributed by atoms with Crippen LogP contribution in [0.5, 0.6) is 0 Å². The number of amides is 1. The number of β-amino-alcohol motifs (C(OH)–C–C–N with tert-alkyl or cyclic N) is 1. The highest BCUT2D eigenvalue weighted by Crippen LogP contribution is 2.23. The molecule has 0 aromatic heterocycles. The van der Waals surface area contributed by atoms with Crippen LogP contribution in [0.25, 0.3) is 0 Å². The number of carboxylic acid groups (broad SMARTS) is 1. The fourth-order valence-corrected chi connectivity index (χ4v) is 2.58. The highest BCUT2D eigenvalue weighted by Gasteiger charge is 2.35. The SMILES string of the molecule is Cc1ccc(Cl)c(C(=O)N2CC[C@H](C(=O)O)[C@H](O)C2)c1. The lowest BCUT2D eigenvalue weighted by atomic mass is 9.93. The van der Waals surface area contributed by atoms with Crippen LogP contribution in [0.3, 0.4) is 0 Å². The molecule has 0 unspecified atom stereocenters. The van der Waals surface area contributed by atoms with E-state index in [1.165, 1.54) is 4.90 Å². The molecule has 0 aliphatic carbocycles. The Morgan fingerprint density at radius 3 is 2.70 bits per heavy atom. The van der Waals surface area contributed by atoms with Gasteiger partial charge in [-0.3, -0.25) is 9.59 Å². The molecule has 2 N–H and O–H groups in total. The van der Waals surface area contributed by atoms with Crippen molar-refractivity contribution in [1.82, 2.24) is 4.90 Å².